The lowest BCUT2D eigenvalue weighted by Crippen LogP contribution is -2.06. The Balaban J connectivity index is 1.21. The van der Waals surface area contributed by atoms with E-state index in [0.717, 1.165) is 33.8 Å². The number of halogens is 1. The molecule has 5 rings (SSSR count). The van der Waals surface area contributed by atoms with Crippen molar-refractivity contribution >= 4 is 46.1 Å². The first-order valence-corrected chi connectivity index (χ1v) is 11.7. The molecule has 0 saturated carbocycles. The molecule has 0 aliphatic rings. The Kier molecular flexibility index (Phi) is 6.72. The Labute approximate surface area is 211 Å². The van der Waals surface area contributed by atoms with Crippen LogP contribution in [0.5, 0.6) is 11.5 Å². The van der Waals surface area contributed by atoms with Crippen molar-refractivity contribution in [2.45, 2.75) is 13.5 Å². The summed E-state index contributed by atoms with van der Waals surface area (Å²) in [6.45, 7) is 2.64. The van der Waals surface area contributed by atoms with Crippen molar-refractivity contribution in [3.05, 3.63) is 89.1 Å². The van der Waals surface area contributed by atoms with Crippen LogP contribution >= 0.6 is 11.6 Å². The van der Waals surface area contributed by atoms with Crippen LogP contribution in [0.2, 0.25) is 5.02 Å². The van der Waals surface area contributed by atoms with Crippen LogP contribution in [0.1, 0.15) is 22.8 Å². The maximum Gasteiger partial charge on any atom is 0.343 e. The molecule has 10 heteroatoms. The second-order valence-corrected chi connectivity index (χ2v) is 8.31. The number of anilines is 3. The van der Waals surface area contributed by atoms with Crippen LogP contribution in [-0.2, 0) is 11.3 Å². The molecule has 0 spiro atoms. The van der Waals surface area contributed by atoms with Crippen molar-refractivity contribution in [3.63, 3.8) is 0 Å². The normalized spacial score (nSPS) is 10.8. The fourth-order valence-corrected chi connectivity index (χ4v) is 3.69. The number of imidazole rings is 1. The molecule has 0 atom stereocenters. The predicted octanol–water partition coefficient (Wildman–Crippen LogP) is 6.26. The molecule has 182 valence electrons. The van der Waals surface area contributed by atoms with Gasteiger partial charge in [0.1, 0.15) is 22.9 Å². The molecular weight excluding hydrogens is 480 g/mol. The predicted molar refractivity (Wildman–Crippen MR) is 139 cm³/mol. The maximum absolute atomic E-state index is 12.1. The number of H-pyrrole nitrogens is 2. The molecule has 0 amide bonds. The van der Waals surface area contributed by atoms with Crippen molar-refractivity contribution in [1.82, 2.24) is 20.2 Å². The fraction of sp³-hybridized carbons (Fsp3) is 0.115. The number of rotatable bonds is 9. The van der Waals surface area contributed by atoms with E-state index in [9.17, 15) is 4.79 Å². The van der Waals surface area contributed by atoms with Crippen LogP contribution in [0.15, 0.2) is 72.9 Å². The van der Waals surface area contributed by atoms with Gasteiger partial charge >= 0.3 is 5.97 Å². The van der Waals surface area contributed by atoms with Gasteiger partial charge in [0.15, 0.2) is 0 Å². The van der Waals surface area contributed by atoms with Gasteiger partial charge in [-0.25, -0.2) is 9.78 Å². The van der Waals surface area contributed by atoms with Gasteiger partial charge in [-0.15, -0.1) is 0 Å². The van der Waals surface area contributed by atoms with Crippen LogP contribution < -0.4 is 15.4 Å². The number of hydrogen-bond donors (Lipinski definition) is 4. The summed E-state index contributed by atoms with van der Waals surface area (Å²) in [5.74, 6) is 2.15. The van der Waals surface area contributed by atoms with Crippen LogP contribution in [0.4, 0.5) is 17.5 Å². The highest BCUT2D eigenvalue weighted by Crippen LogP contribution is 2.25. The number of carbonyl (C=O) groups is 1. The third-order valence-electron chi connectivity index (χ3n) is 5.32. The molecule has 36 heavy (non-hydrogen) atoms. The van der Waals surface area contributed by atoms with E-state index >= 15 is 0 Å². The van der Waals surface area contributed by atoms with Crippen molar-refractivity contribution in [2.24, 2.45) is 0 Å². The summed E-state index contributed by atoms with van der Waals surface area (Å²) in [6, 6.07) is 20.7. The van der Waals surface area contributed by atoms with Gasteiger partial charge in [-0.2, -0.15) is 5.10 Å². The zero-order valence-corrected chi connectivity index (χ0v) is 20.1. The summed E-state index contributed by atoms with van der Waals surface area (Å²) in [7, 11) is 0. The van der Waals surface area contributed by atoms with Crippen LogP contribution in [-0.4, -0.2) is 32.7 Å². The van der Waals surface area contributed by atoms with Gasteiger partial charge in [0.2, 0.25) is 5.95 Å². The average molecular weight is 503 g/mol. The van der Waals surface area contributed by atoms with E-state index < -0.39 is 5.97 Å². The number of carbonyl (C=O) groups excluding carboxylic acids is 1. The van der Waals surface area contributed by atoms with Gasteiger partial charge < -0.3 is 25.1 Å². The number of ether oxygens (including phenoxy) is 2. The Bertz CT molecular complexity index is 1480. The second-order valence-electron chi connectivity index (χ2n) is 7.87. The van der Waals surface area contributed by atoms with Gasteiger partial charge in [-0.05, 0) is 67.1 Å². The summed E-state index contributed by atoms with van der Waals surface area (Å²) in [4.78, 5) is 19.9. The van der Waals surface area contributed by atoms with Gasteiger partial charge in [0.05, 0.1) is 23.8 Å². The van der Waals surface area contributed by atoms with Gasteiger partial charge in [0, 0.05) is 17.3 Å². The molecule has 0 aliphatic carbocycles. The summed E-state index contributed by atoms with van der Waals surface area (Å²) in [5, 5.41) is 13.9. The first kappa shape index (κ1) is 23.3. The summed E-state index contributed by atoms with van der Waals surface area (Å²) >= 11 is 5.92. The quantitative estimate of drug-likeness (QED) is 0.176. The third-order valence-corrected chi connectivity index (χ3v) is 5.57. The number of esters is 1. The van der Waals surface area contributed by atoms with E-state index in [-0.39, 0.29) is 0 Å². The monoisotopic (exact) mass is 502 g/mol. The van der Waals surface area contributed by atoms with E-state index in [1.807, 2.05) is 54.6 Å². The van der Waals surface area contributed by atoms with E-state index in [1.54, 1.807) is 19.1 Å². The maximum atomic E-state index is 12.1. The molecule has 3 aromatic carbocycles. The molecular formula is C26H23ClN6O3. The van der Waals surface area contributed by atoms with Crippen molar-refractivity contribution in [1.29, 1.82) is 0 Å². The minimum atomic E-state index is -0.438. The third kappa shape index (κ3) is 5.42. The molecule has 0 radical (unpaired) electrons. The van der Waals surface area contributed by atoms with E-state index in [4.69, 9.17) is 21.1 Å². The SMILES string of the molecule is CCOC(=O)c1cn[nH]c1Nc1ccc2nc(NCc3ccc(Oc4ccc(Cl)cc4)cc3)[nH]c2c1. The number of fused-ring (bicyclic) bond motifs is 1. The highest BCUT2D eigenvalue weighted by molar-refractivity contribution is 6.30. The number of aromatic nitrogens is 4. The summed E-state index contributed by atoms with van der Waals surface area (Å²) < 4.78 is 10.9. The molecule has 0 bridgehead atoms. The minimum Gasteiger partial charge on any atom is -0.462 e. The smallest absolute Gasteiger partial charge is 0.343 e. The van der Waals surface area contributed by atoms with Crippen LogP contribution in [0.3, 0.4) is 0 Å². The molecule has 2 aromatic heterocycles. The Morgan fingerprint density at radius 2 is 1.78 bits per heavy atom. The van der Waals surface area contributed by atoms with Gasteiger partial charge in [-0.1, -0.05) is 23.7 Å². The number of aromatic amines is 2. The van der Waals surface area contributed by atoms with Crippen molar-refractivity contribution in [3.8, 4) is 11.5 Å². The minimum absolute atomic E-state index is 0.292. The molecule has 0 aliphatic heterocycles. The van der Waals surface area contributed by atoms with Crippen molar-refractivity contribution < 1.29 is 14.3 Å². The van der Waals surface area contributed by atoms with E-state index in [0.29, 0.717) is 35.5 Å². The lowest BCUT2D eigenvalue weighted by atomic mass is 10.2. The fourth-order valence-electron chi connectivity index (χ4n) is 3.56. The summed E-state index contributed by atoms with van der Waals surface area (Å²) in [6.07, 6.45) is 1.44. The molecule has 0 saturated heterocycles. The first-order valence-electron chi connectivity index (χ1n) is 11.3. The van der Waals surface area contributed by atoms with Crippen LogP contribution in [0, 0.1) is 0 Å². The van der Waals surface area contributed by atoms with E-state index in [1.165, 1.54) is 6.20 Å². The Morgan fingerprint density at radius 3 is 2.53 bits per heavy atom. The van der Waals surface area contributed by atoms with Gasteiger partial charge in [0.25, 0.3) is 0 Å². The zero-order chi connectivity index (χ0) is 24.9. The Hall–Kier alpha value is -4.50. The zero-order valence-electron chi connectivity index (χ0n) is 19.3. The van der Waals surface area contributed by atoms with E-state index in [2.05, 4.69) is 30.8 Å². The van der Waals surface area contributed by atoms with Crippen molar-refractivity contribution in [2.75, 3.05) is 17.2 Å². The number of nitrogens with zero attached hydrogens (tertiary/aromatic N) is 2. The standard InChI is InChI=1S/C26H23ClN6O3/c1-2-35-25(34)21-15-29-33-24(21)30-18-7-12-22-23(13-18)32-26(31-22)28-14-16-3-8-19(9-4-16)36-20-10-5-17(27)6-11-20/h3-13,15H,2,14H2,1H3,(H2,28,31,32)(H2,29,30,33). The molecule has 0 unspecified atom stereocenters. The largest absolute Gasteiger partial charge is 0.462 e. The topological polar surface area (TPSA) is 117 Å². The van der Waals surface area contributed by atoms with Crippen LogP contribution in [0.25, 0.3) is 11.0 Å². The lowest BCUT2D eigenvalue weighted by molar-refractivity contribution is 0.0527. The highest BCUT2D eigenvalue weighted by Gasteiger charge is 2.15. The summed E-state index contributed by atoms with van der Waals surface area (Å²) in [5.41, 5.74) is 3.83. The average Bonchev–Trinajstić information content (AvgIpc) is 3.51. The number of hydrogen-bond acceptors (Lipinski definition) is 7. The van der Waals surface area contributed by atoms with Gasteiger partial charge in [-0.3, -0.25) is 5.10 Å². The molecule has 9 nitrogen and oxygen atoms in total. The molecule has 0 fully saturated rings. The number of benzene rings is 3. The lowest BCUT2D eigenvalue weighted by Gasteiger charge is -2.07. The highest BCUT2D eigenvalue weighted by atomic mass is 35.5. The first-order chi connectivity index (χ1) is 17.6. The molecule has 5 aromatic rings. The number of nitrogens with one attached hydrogen (secondary N) is 4. The molecule has 2 heterocycles. The Morgan fingerprint density at radius 1 is 1.03 bits per heavy atom. The molecule has 4 N–H and O–H groups in total. The second kappa shape index (κ2) is 10.4.